The van der Waals surface area contributed by atoms with Gasteiger partial charge in [-0.05, 0) is 40.7 Å². The molecule has 0 heterocycles. The van der Waals surface area contributed by atoms with E-state index in [-0.39, 0.29) is 11.1 Å². The summed E-state index contributed by atoms with van der Waals surface area (Å²) in [6.45, 7) is 8.53. The lowest BCUT2D eigenvalue weighted by atomic mass is 9.84. The topological polar surface area (TPSA) is 38.0 Å². The highest BCUT2D eigenvalue weighted by Crippen LogP contribution is 2.20. The molecule has 0 bridgehead atoms. The third-order valence-electron chi connectivity index (χ3n) is 2.23. The van der Waals surface area contributed by atoms with Crippen molar-refractivity contribution in [3.63, 3.8) is 0 Å². The summed E-state index contributed by atoms with van der Waals surface area (Å²) in [5, 5.41) is 3.30. The summed E-state index contributed by atoms with van der Waals surface area (Å²) in [6.07, 6.45) is 2.12. The monoisotopic (exact) mass is 158 g/mol. The standard InChI is InChI=1S/C9H22N2/c1-6-9(4,11-5)7-8(2,3)10/h11H,6-7,10H2,1-5H3. The van der Waals surface area contributed by atoms with Gasteiger partial charge in [0.2, 0.25) is 0 Å². The summed E-state index contributed by atoms with van der Waals surface area (Å²) in [7, 11) is 2.00. The van der Waals surface area contributed by atoms with Crippen molar-refractivity contribution in [2.75, 3.05) is 7.05 Å². The molecule has 0 aliphatic rings. The number of hydrogen-bond acceptors (Lipinski definition) is 2. The Bertz CT molecular complexity index is 109. The molecule has 0 radical (unpaired) electrons. The summed E-state index contributed by atoms with van der Waals surface area (Å²) >= 11 is 0. The molecule has 2 heteroatoms. The van der Waals surface area contributed by atoms with Crippen molar-refractivity contribution in [2.24, 2.45) is 5.73 Å². The van der Waals surface area contributed by atoms with Crippen LogP contribution < -0.4 is 11.1 Å². The Morgan fingerprint density at radius 1 is 1.27 bits per heavy atom. The highest BCUT2D eigenvalue weighted by atomic mass is 14.9. The van der Waals surface area contributed by atoms with Gasteiger partial charge in [-0.25, -0.2) is 0 Å². The second-order valence-corrected chi connectivity index (χ2v) is 4.33. The van der Waals surface area contributed by atoms with E-state index < -0.39 is 0 Å². The Morgan fingerprint density at radius 2 is 1.73 bits per heavy atom. The van der Waals surface area contributed by atoms with E-state index in [1.165, 1.54) is 0 Å². The highest BCUT2D eigenvalue weighted by Gasteiger charge is 2.26. The van der Waals surface area contributed by atoms with E-state index >= 15 is 0 Å². The maximum atomic E-state index is 5.93. The molecule has 2 nitrogen and oxygen atoms in total. The molecule has 0 amide bonds. The van der Waals surface area contributed by atoms with Gasteiger partial charge in [-0.1, -0.05) is 6.92 Å². The molecule has 1 atom stereocenters. The van der Waals surface area contributed by atoms with Gasteiger partial charge >= 0.3 is 0 Å². The fourth-order valence-electron chi connectivity index (χ4n) is 1.40. The molecule has 0 saturated carbocycles. The lowest BCUT2D eigenvalue weighted by molar-refractivity contribution is 0.275. The summed E-state index contributed by atoms with van der Waals surface area (Å²) in [5.41, 5.74) is 6.05. The van der Waals surface area contributed by atoms with Crippen LogP contribution in [0.5, 0.6) is 0 Å². The predicted octanol–water partition coefficient (Wildman–Crippen LogP) is 1.50. The largest absolute Gasteiger partial charge is 0.325 e. The summed E-state index contributed by atoms with van der Waals surface area (Å²) < 4.78 is 0. The predicted molar refractivity (Wildman–Crippen MR) is 50.6 cm³/mol. The van der Waals surface area contributed by atoms with Crippen LogP contribution in [0, 0.1) is 0 Å². The molecule has 0 aromatic rings. The minimum atomic E-state index is -0.0756. The van der Waals surface area contributed by atoms with E-state index in [9.17, 15) is 0 Å². The van der Waals surface area contributed by atoms with Crippen molar-refractivity contribution in [1.29, 1.82) is 0 Å². The van der Waals surface area contributed by atoms with E-state index in [2.05, 4.69) is 33.0 Å². The van der Waals surface area contributed by atoms with Crippen LogP contribution in [0.2, 0.25) is 0 Å². The smallest absolute Gasteiger partial charge is 0.0165 e. The molecule has 3 N–H and O–H groups in total. The third kappa shape index (κ3) is 4.38. The molecular formula is C9H22N2. The van der Waals surface area contributed by atoms with Gasteiger partial charge in [-0.3, -0.25) is 0 Å². The van der Waals surface area contributed by atoms with Gasteiger partial charge in [0.25, 0.3) is 0 Å². The first-order valence-corrected chi connectivity index (χ1v) is 4.31. The molecule has 0 aromatic carbocycles. The Morgan fingerprint density at radius 3 is 1.82 bits per heavy atom. The van der Waals surface area contributed by atoms with Crippen molar-refractivity contribution in [1.82, 2.24) is 5.32 Å². The fraction of sp³-hybridized carbons (Fsp3) is 1.00. The van der Waals surface area contributed by atoms with Crippen molar-refractivity contribution < 1.29 is 0 Å². The second kappa shape index (κ2) is 3.55. The minimum absolute atomic E-state index is 0.0756. The molecule has 0 aliphatic carbocycles. The van der Waals surface area contributed by atoms with Crippen LogP contribution in [0.15, 0.2) is 0 Å². The average molecular weight is 158 g/mol. The second-order valence-electron chi connectivity index (χ2n) is 4.33. The Kier molecular flexibility index (Phi) is 3.52. The molecule has 0 rings (SSSR count). The van der Waals surface area contributed by atoms with Gasteiger partial charge in [-0.15, -0.1) is 0 Å². The molecule has 0 fully saturated rings. The van der Waals surface area contributed by atoms with Gasteiger partial charge in [0.05, 0.1) is 0 Å². The maximum absolute atomic E-state index is 5.93. The number of rotatable bonds is 4. The van der Waals surface area contributed by atoms with Crippen LogP contribution in [0.1, 0.15) is 40.5 Å². The number of nitrogens with two attached hydrogens (primary N) is 1. The molecule has 11 heavy (non-hydrogen) atoms. The summed E-state index contributed by atoms with van der Waals surface area (Å²) in [4.78, 5) is 0. The quantitative estimate of drug-likeness (QED) is 0.650. The van der Waals surface area contributed by atoms with E-state index in [0.717, 1.165) is 12.8 Å². The molecule has 68 valence electrons. The molecule has 0 spiro atoms. The Balaban J connectivity index is 4.08. The first kappa shape index (κ1) is 10.9. The Hall–Kier alpha value is -0.0800. The SMILES string of the molecule is CCC(C)(CC(C)(C)N)NC. The van der Waals surface area contributed by atoms with Crippen LogP contribution in [0.3, 0.4) is 0 Å². The zero-order chi connectivity index (χ0) is 9.12. The van der Waals surface area contributed by atoms with Gasteiger partial charge in [0.1, 0.15) is 0 Å². The van der Waals surface area contributed by atoms with Crippen molar-refractivity contribution in [2.45, 2.75) is 51.6 Å². The van der Waals surface area contributed by atoms with Gasteiger partial charge in [0, 0.05) is 11.1 Å². The van der Waals surface area contributed by atoms with E-state index in [1.807, 2.05) is 7.05 Å². The Labute approximate surface area is 70.5 Å². The average Bonchev–Trinajstić information content (AvgIpc) is 1.84. The zero-order valence-corrected chi connectivity index (χ0v) is 8.49. The number of hydrogen-bond donors (Lipinski definition) is 2. The van der Waals surface area contributed by atoms with Crippen LogP contribution >= 0.6 is 0 Å². The van der Waals surface area contributed by atoms with E-state index in [4.69, 9.17) is 5.73 Å². The normalized spacial score (nSPS) is 18.0. The van der Waals surface area contributed by atoms with Gasteiger partial charge in [-0.2, -0.15) is 0 Å². The minimum Gasteiger partial charge on any atom is -0.325 e. The molecular weight excluding hydrogens is 136 g/mol. The van der Waals surface area contributed by atoms with E-state index in [0.29, 0.717) is 0 Å². The molecule has 0 aromatic heterocycles. The van der Waals surface area contributed by atoms with Crippen LogP contribution in [-0.4, -0.2) is 18.1 Å². The van der Waals surface area contributed by atoms with Crippen LogP contribution in [0.4, 0.5) is 0 Å². The molecule has 1 unspecified atom stereocenters. The number of nitrogens with one attached hydrogen (secondary N) is 1. The summed E-state index contributed by atoms with van der Waals surface area (Å²) in [6, 6.07) is 0. The lowest BCUT2D eigenvalue weighted by Gasteiger charge is -2.34. The van der Waals surface area contributed by atoms with Crippen molar-refractivity contribution in [3.05, 3.63) is 0 Å². The highest BCUT2D eigenvalue weighted by molar-refractivity contribution is 4.89. The van der Waals surface area contributed by atoms with Gasteiger partial charge < -0.3 is 11.1 Å². The van der Waals surface area contributed by atoms with Gasteiger partial charge in [0.15, 0.2) is 0 Å². The summed E-state index contributed by atoms with van der Waals surface area (Å²) in [5.74, 6) is 0. The maximum Gasteiger partial charge on any atom is 0.0165 e. The van der Waals surface area contributed by atoms with Crippen molar-refractivity contribution >= 4 is 0 Å². The zero-order valence-electron chi connectivity index (χ0n) is 8.49. The lowest BCUT2D eigenvalue weighted by Crippen LogP contribution is -2.48. The first-order valence-electron chi connectivity index (χ1n) is 4.31. The fourth-order valence-corrected chi connectivity index (χ4v) is 1.40. The first-order chi connectivity index (χ1) is 4.83. The third-order valence-corrected chi connectivity index (χ3v) is 2.23. The van der Waals surface area contributed by atoms with E-state index in [1.54, 1.807) is 0 Å². The molecule has 0 saturated heterocycles. The molecule has 0 aliphatic heterocycles. The van der Waals surface area contributed by atoms with Crippen LogP contribution in [0.25, 0.3) is 0 Å². The van der Waals surface area contributed by atoms with Crippen LogP contribution in [-0.2, 0) is 0 Å². The van der Waals surface area contributed by atoms with Crippen molar-refractivity contribution in [3.8, 4) is 0 Å².